The molecule has 3 aromatic heterocycles. The van der Waals surface area contributed by atoms with E-state index in [9.17, 15) is 4.79 Å². The van der Waals surface area contributed by atoms with Gasteiger partial charge < -0.3 is 14.5 Å². The second-order valence-electron chi connectivity index (χ2n) is 8.06. The van der Waals surface area contributed by atoms with Crippen molar-refractivity contribution in [3.05, 3.63) is 54.2 Å². The third-order valence-electron chi connectivity index (χ3n) is 5.92. The average molecular weight is 445 g/mol. The Kier molecular flexibility index (Phi) is 6.00. The number of ether oxygens (including phenoxy) is 1. The van der Waals surface area contributed by atoms with Crippen molar-refractivity contribution < 1.29 is 9.53 Å². The van der Waals surface area contributed by atoms with Gasteiger partial charge in [0.05, 0.1) is 42.1 Å². The van der Waals surface area contributed by atoms with Crippen LogP contribution in [0.5, 0.6) is 5.75 Å². The molecule has 0 spiro atoms. The summed E-state index contributed by atoms with van der Waals surface area (Å²) < 4.78 is 7.45. The van der Waals surface area contributed by atoms with Gasteiger partial charge in [-0.2, -0.15) is 5.10 Å². The molecule has 170 valence electrons. The summed E-state index contributed by atoms with van der Waals surface area (Å²) in [5.74, 6) is 0.711. The number of amides is 1. The van der Waals surface area contributed by atoms with Crippen molar-refractivity contribution in [2.45, 2.75) is 20.3 Å². The van der Waals surface area contributed by atoms with Gasteiger partial charge in [-0.15, -0.1) is 0 Å². The molecule has 4 rings (SSSR count). The second-order valence-corrected chi connectivity index (χ2v) is 8.06. The molecule has 0 fully saturated rings. The molecular formula is C25H28N6O2. The molecule has 0 saturated carbocycles. The van der Waals surface area contributed by atoms with Crippen molar-refractivity contribution >= 4 is 34.4 Å². The number of hydrogen-bond acceptors (Lipinski definition) is 6. The number of pyridine rings is 2. The molecule has 0 saturated heterocycles. The molecule has 4 aromatic rings. The standard InChI is InChI=1S/C25H28N6O2/c1-7-17-11-26-10-16(2)24(17)31(5)25-20-8-19(18-12-28-30(4)14-18)23(33-6)9-21(20)27-13-22(25)29(3)15-32/h8-15H,7H2,1-6H3. The fourth-order valence-electron chi connectivity index (χ4n) is 4.28. The molecule has 0 atom stereocenters. The predicted octanol–water partition coefficient (Wildman–Crippen LogP) is 4.27. The zero-order valence-electron chi connectivity index (χ0n) is 19.8. The molecule has 33 heavy (non-hydrogen) atoms. The zero-order chi connectivity index (χ0) is 23.7. The lowest BCUT2D eigenvalue weighted by Crippen LogP contribution is -2.21. The van der Waals surface area contributed by atoms with E-state index in [0.29, 0.717) is 11.4 Å². The molecule has 3 heterocycles. The first-order valence-electron chi connectivity index (χ1n) is 10.7. The van der Waals surface area contributed by atoms with Crippen LogP contribution in [0, 0.1) is 6.92 Å². The van der Waals surface area contributed by atoms with Crippen molar-refractivity contribution in [1.82, 2.24) is 19.7 Å². The van der Waals surface area contributed by atoms with E-state index in [1.54, 1.807) is 29.9 Å². The number of aryl methyl sites for hydroxylation is 3. The Morgan fingerprint density at radius 3 is 2.55 bits per heavy atom. The number of fused-ring (bicyclic) bond motifs is 1. The minimum Gasteiger partial charge on any atom is -0.496 e. The summed E-state index contributed by atoms with van der Waals surface area (Å²) in [7, 11) is 7.29. The maximum Gasteiger partial charge on any atom is 0.213 e. The molecule has 0 bridgehead atoms. The molecule has 8 heteroatoms. The minimum atomic E-state index is 0.709. The topological polar surface area (TPSA) is 76.4 Å². The van der Waals surface area contributed by atoms with E-state index < -0.39 is 0 Å². The van der Waals surface area contributed by atoms with Crippen molar-refractivity contribution in [2.24, 2.45) is 7.05 Å². The molecule has 8 nitrogen and oxygen atoms in total. The first-order valence-corrected chi connectivity index (χ1v) is 10.7. The summed E-state index contributed by atoms with van der Waals surface area (Å²) in [6.07, 6.45) is 10.9. The van der Waals surface area contributed by atoms with Gasteiger partial charge in [0.15, 0.2) is 0 Å². The Bertz CT molecular complexity index is 1330. The molecule has 0 aliphatic heterocycles. The van der Waals surface area contributed by atoms with E-state index in [1.165, 1.54) is 0 Å². The van der Waals surface area contributed by atoms with Crippen LogP contribution in [-0.2, 0) is 18.3 Å². The quantitative estimate of drug-likeness (QED) is 0.396. The summed E-state index contributed by atoms with van der Waals surface area (Å²) in [6, 6.07) is 3.99. The SMILES string of the molecule is CCc1cncc(C)c1N(C)c1c(N(C)C=O)cnc2cc(OC)c(-c3cnn(C)c3)cc12. The number of aromatic nitrogens is 4. The average Bonchev–Trinajstić information content (AvgIpc) is 3.27. The molecule has 0 unspecified atom stereocenters. The third kappa shape index (κ3) is 3.88. The van der Waals surface area contributed by atoms with E-state index in [4.69, 9.17) is 4.74 Å². The minimum absolute atomic E-state index is 0.709. The maximum absolute atomic E-state index is 11.8. The van der Waals surface area contributed by atoms with Gasteiger partial charge in [-0.25, -0.2) is 0 Å². The Balaban J connectivity index is 2.07. The number of carbonyl (C=O) groups is 1. The monoisotopic (exact) mass is 444 g/mol. The van der Waals surface area contributed by atoms with Gasteiger partial charge in [0, 0.05) is 62.3 Å². The fraction of sp³-hybridized carbons (Fsp3) is 0.280. The largest absolute Gasteiger partial charge is 0.496 e. The lowest BCUT2D eigenvalue weighted by atomic mass is 10.0. The smallest absolute Gasteiger partial charge is 0.213 e. The van der Waals surface area contributed by atoms with Crippen LogP contribution >= 0.6 is 0 Å². The molecule has 0 aliphatic carbocycles. The Morgan fingerprint density at radius 1 is 1.12 bits per heavy atom. The maximum atomic E-state index is 11.8. The Hall–Kier alpha value is -3.94. The van der Waals surface area contributed by atoms with Gasteiger partial charge in [0.25, 0.3) is 0 Å². The lowest BCUT2D eigenvalue weighted by molar-refractivity contribution is -0.107. The molecule has 0 N–H and O–H groups in total. The lowest BCUT2D eigenvalue weighted by Gasteiger charge is -2.29. The highest BCUT2D eigenvalue weighted by Crippen LogP contribution is 2.43. The van der Waals surface area contributed by atoms with Crippen molar-refractivity contribution in [3.63, 3.8) is 0 Å². The molecule has 1 aromatic carbocycles. The van der Waals surface area contributed by atoms with Gasteiger partial charge in [-0.3, -0.25) is 19.4 Å². The summed E-state index contributed by atoms with van der Waals surface area (Å²) in [5, 5.41) is 5.22. The van der Waals surface area contributed by atoms with Crippen LogP contribution < -0.4 is 14.5 Å². The van der Waals surface area contributed by atoms with Gasteiger partial charge in [0.1, 0.15) is 5.75 Å². The molecule has 1 amide bonds. The number of rotatable bonds is 7. The van der Waals surface area contributed by atoms with Crippen molar-refractivity contribution in [3.8, 4) is 16.9 Å². The number of nitrogens with zero attached hydrogens (tertiary/aromatic N) is 6. The Morgan fingerprint density at radius 2 is 1.91 bits per heavy atom. The van der Waals surface area contributed by atoms with E-state index in [1.807, 2.05) is 44.9 Å². The number of benzene rings is 1. The van der Waals surface area contributed by atoms with Crippen molar-refractivity contribution in [1.29, 1.82) is 0 Å². The van der Waals surface area contributed by atoms with Crippen LogP contribution in [0.25, 0.3) is 22.0 Å². The highest BCUT2D eigenvalue weighted by atomic mass is 16.5. The van der Waals surface area contributed by atoms with Crippen LogP contribution in [0.3, 0.4) is 0 Å². The van der Waals surface area contributed by atoms with Crippen LogP contribution in [0.1, 0.15) is 18.1 Å². The molecule has 0 aliphatic rings. The summed E-state index contributed by atoms with van der Waals surface area (Å²) in [4.78, 5) is 24.5. The first-order chi connectivity index (χ1) is 15.9. The van der Waals surface area contributed by atoms with Crippen LogP contribution in [0.4, 0.5) is 17.1 Å². The summed E-state index contributed by atoms with van der Waals surface area (Å²) >= 11 is 0. The number of hydrogen-bond donors (Lipinski definition) is 0. The third-order valence-corrected chi connectivity index (χ3v) is 5.92. The van der Waals surface area contributed by atoms with Crippen LogP contribution in [0.15, 0.2) is 43.1 Å². The van der Waals surface area contributed by atoms with E-state index >= 15 is 0 Å². The van der Waals surface area contributed by atoms with Gasteiger partial charge in [-0.1, -0.05) is 6.92 Å². The number of anilines is 3. The first kappa shape index (κ1) is 22.3. The predicted molar refractivity (Wildman–Crippen MR) is 131 cm³/mol. The van der Waals surface area contributed by atoms with E-state index in [-0.39, 0.29) is 0 Å². The van der Waals surface area contributed by atoms with Gasteiger partial charge in [0.2, 0.25) is 6.41 Å². The van der Waals surface area contributed by atoms with Crippen molar-refractivity contribution in [2.75, 3.05) is 31.0 Å². The normalized spacial score (nSPS) is 11.0. The fourth-order valence-corrected chi connectivity index (χ4v) is 4.28. The summed E-state index contributed by atoms with van der Waals surface area (Å²) in [6.45, 7) is 4.16. The number of carbonyl (C=O) groups excluding carboxylic acids is 1. The summed E-state index contributed by atoms with van der Waals surface area (Å²) in [5.41, 5.74) is 7.46. The second kappa shape index (κ2) is 8.90. The van der Waals surface area contributed by atoms with E-state index in [2.05, 4.69) is 39.9 Å². The van der Waals surface area contributed by atoms with Gasteiger partial charge >= 0.3 is 0 Å². The van der Waals surface area contributed by atoms with Gasteiger partial charge in [-0.05, 0) is 30.5 Å². The zero-order valence-corrected chi connectivity index (χ0v) is 19.8. The molecule has 0 radical (unpaired) electrons. The highest BCUT2D eigenvalue weighted by Gasteiger charge is 2.22. The van der Waals surface area contributed by atoms with Crippen LogP contribution in [0.2, 0.25) is 0 Å². The Labute approximate surface area is 193 Å². The number of methoxy groups -OCH3 is 1. The highest BCUT2D eigenvalue weighted by molar-refractivity contribution is 6.05. The van der Waals surface area contributed by atoms with Crippen LogP contribution in [-0.4, -0.2) is 47.4 Å². The molecular weight excluding hydrogens is 416 g/mol. The van der Waals surface area contributed by atoms with E-state index in [0.717, 1.165) is 57.4 Å².